The first-order chi connectivity index (χ1) is 13.9. The van der Waals surface area contributed by atoms with Gasteiger partial charge in [-0.2, -0.15) is 0 Å². The molecule has 0 unspecified atom stereocenters. The molecule has 0 bridgehead atoms. The molecule has 0 aliphatic carbocycles. The third-order valence-corrected chi connectivity index (χ3v) is 4.44. The zero-order chi connectivity index (χ0) is 19.5. The van der Waals surface area contributed by atoms with Gasteiger partial charge in [-0.1, -0.05) is 127 Å². The number of hydrogen-bond acceptors (Lipinski definition) is 2. The topological polar surface area (TPSA) is 29.5 Å². The van der Waals surface area contributed by atoms with Gasteiger partial charge in [-0.05, 0) is 16.7 Å². The van der Waals surface area contributed by atoms with Crippen molar-refractivity contribution >= 4 is 7.69 Å². The average molecular weight is 365 g/mol. The van der Waals surface area contributed by atoms with Crippen molar-refractivity contribution in [1.29, 1.82) is 0 Å². The van der Waals surface area contributed by atoms with E-state index in [1.54, 1.807) is 0 Å². The summed E-state index contributed by atoms with van der Waals surface area (Å²) in [6, 6.07) is 41.7. The summed E-state index contributed by atoms with van der Waals surface area (Å²) in [6.45, 7) is 0. The van der Waals surface area contributed by atoms with Crippen LogP contribution in [0.1, 0.15) is 16.7 Å². The first-order valence-corrected chi connectivity index (χ1v) is 9.18. The Kier molecular flexibility index (Phi) is 7.19. The Morgan fingerprint density at radius 1 is 0.464 bits per heavy atom. The van der Waals surface area contributed by atoms with Crippen LogP contribution < -0.4 is 0 Å². The predicted octanol–water partition coefficient (Wildman–Crippen LogP) is 5.21. The first-order valence-electron chi connectivity index (χ1n) is 9.18. The molecule has 0 fully saturated rings. The normalized spacial score (nSPS) is 10.5. The smallest absolute Gasteiger partial charge is 0.429 e. The fraction of sp³-hybridized carbons (Fsp3) is 0.0400. The lowest BCUT2D eigenvalue weighted by Gasteiger charge is -2.35. The van der Waals surface area contributed by atoms with Crippen LogP contribution in [0.15, 0.2) is 127 Å². The van der Waals surface area contributed by atoms with Crippen LogP contribution in [0, 0.1) is 0 Å². The summed E-state index contributed by atoms with van der Waals surface area (Å²) in [7, 11) is 0.771. The lowest BCUT2D eigenvalue weighted by molar-refractivity contribution is 0.138. The van der Waals surface area contributed by atoms with E-state index in [1.165, 1.54) is 0 Å². The number of benzene rings is 4. The molecule has 0 spiro atoms. The molecule has 28 heavy (non-hydrogen) atoms. The molecule has 0 heterocycles. The SMILES string of the molecule is O[B]OC(c1ccccc1)(c1ccccc1)c1ccccc1.c1ccccc1. The standard InChI is InChI=1S/C19H16BO2.C6H6/c21-20-22-19(16-10-4-1-5-11-16,17-12-6-2-7-13-17)18-14-8-3-9-15-18;1-2-4-6-5-3-1/h1-15,21H;1-6H. The van der Waals surface area contributed by atoms with Crippen LogP contribution in [0.2, 0.25) is 0 Å². The highest BCUT2D eigenvalue weighted by Gasteiger charge is 2.37. The highest BCUT2D eigenvalue weighted by Crippen LogP contribution is 2.39. The zero-order valence-electron chi connectivity index (χ0n) is 15.6. The maximum absolute atomic E-state index is 9.44. The summed E-state index contributed by atoms with van der Waals surface area (Å²) >= 11 is 0. The molecule has 1 N–H and O–H groups in total. The number of hydrogen-bond donors (Lipinski definition) is 1. The molecule has 137 valence electrons. The Labute approximate surface area is 167 Å². The summed E-state index contributed by atoms with van der Waals surface area (Å²) in [6.07, 6.45) is 0. The second-order valence-corrected chi connectivity index (χ2v) is 6.16. The van der Waals surface area contributed by atoms with E-state index in [4.69, 9.17) is 4.65 Å². The second kappa shape index (κ2) is 10.3. The Hall–Kier alpha value is -3.14. The van der Waals surface area contributed by atoms with Gasteiger partial charge in [-0.3, -0.25) is 0 Å². The molecule has 4 rings (SSSR count). The van der Waals surface area contributed by atoms with Gasteiger partial charge in [-0.25, -0.2) is 0 Å². The molecule has 2 nitrogen and oxygen atoms in total. The van der Waals surface area contributed by atoms with E-state index in [-0.39, 0.29) is 0 Å². The zero-order valence-corrected chi connectivity index (χ0v) is 15.6. The summed E-state index contributed by atoms with van der Waals surface area (Å²) in [5, 5.41) is 9.44. The highest BCUT2D eigenvalue weighted by atomic mass is 16.5. The predicted molar refractivity (Wildman–Crippen MR) is 115 cm³/mol. The summed E-state index contributed by atoms with van der Waals surface area (Å²) < 4.78 is 5.82. The van der Waals surface area contributed by atoms with E-state index < -0.39 is 5.60 Å². The Balaban J connectivity index is 0.000000320. The van der Waals surface area contributed by atoms with Crippen LogP contribution in [-0.2, 0) is 10.3 Å². The maximum atomic E-state index is 9.44. The van der Waals surface area contributed by atoms with E-state index in [0.29, 0.717) is 0 Å². The molecule has 4 aromatic carbocycles. The molecule has 0 amide bonds. The quantitative estimate of drug-likeness (QED) is 0.389. The van der Waals surface area contributed by atoms with Crippen molar-refractivity contribution in [1.82, 2.24) is 0 Å². The van der Waals surface area contributed by atoms with Crippen molar-refractivity contribution in [2.45, 2.75) is 5.60 Å². The third kappa shape index (κ3) is 4.58. The van der Waals surface area contributed by atoms with E-state index in [0.717, 1.165) is 24.4 Å². The van der Waals surface area contributed by atoms with Crippen LogP contribution in [-0.4, -0.2) is 12.7 Å². The van der Waals surface area contributed by atoms with Gasteiger partial charge < -0.3 is 9.68 Å². The Morgan fingerprint density at radius 2 is 0.714 bits per heavy atom. The van der Waals surface area contributed by atoms with Crippen LogP contribution >= 0.6 is 0 Å². The van der Waals surface area contributed by atoms with Gasteiger partial charge in [0.2, 0.25) is 0 Å². The van der Waals surface area contributed by atoms with Crippen molar-refractivity contribution in [3.63, 3.8) is 0 Å². The first kappa shape index (κ1) is 19.6. The molecule has 0 aliphatic heterocycles. The summed E-state index contributed by atoms with van der Waals surface area (Å²) in [5.41, 5.74) is 1.99. The highest BCUT2D eigenvalue weighted by molar-refractivity contribution is 6.16. The van der Waals surface area contributed by atoms with Gasteiger partial charge in [0.1, 0.15) is 5.60 Å². The minimum atomic E-state index is -0.876. The lowest BCUT2D eigenvalue weighted by Crippen LogP contribution is -2.34. The molecule has 4 aromatic rings. The van der Waals surface area contributed by atoms with E-state index >= 15 is 0 Å². The summed E-state index contributed by atoms with van der Waals surface area (Å²) in [4.78, 5) is 0. The second-order valence-electron chi connectivity index (χ2n) is 6.16. The van der Waals surface area contributed by atoms with Crippen molar-refractivity contribution in [3.8, 4) is 0 Å². The van der Waals surface area contributed by atoms with Gasteiger partial charge in [0.05, 0.1) is 0 Å². The van der Waals surface area contributed by atoms with Crippen LogP contribution in [0.25, 0.3) is 0 Å². The van der Waals surface area contributed by atoms with Crippen molar-refractivity contribution in [3.05, 3.63) is 144 Å². The Bertz CT molecular complexity index is 790. The molecule has 0 saturated heterocycles. The minimum Gasteiger partial charge on any atom is -0.429 e. The van der Waals surface area contributed by atoms with Crippen LogP contribution in [0.4, 0.5) is 0 Å². The maximum Gasteiger partial charge on any atom is 0.486 e. The third-order valence-electron chi connectivity index (χ3n) is 4.44. The van der Waals surface area contributed by atoms with Gasteiger partial charge in [-0.15, -0.1) is 0 Å². The fourth-order valence-corrected chi connectivity index (χ4v) is 3.19. The van der Waals surface area contributed by atoms with Crippen molar-refractivity contribution in [2.75, 3.05) is 0 Å². The Morgan fingerprint density at radius 3 is 0.964 bits per heavy atom. The van der Waals surface area contributed by atoms with E-state index in [2.05, 4.69) is 0 Å². The molecule has 0 aromatic heterocycles. The summed E-state index contributed by atoms with van der Waals surface area (Å²) in [5.74, 6) is 0. The molecule has 3 heteroatoms. The monoisotopic (exact) mass is 365 g/mol. The molecule has 0 atom stereocenters. The van der Waals surface area contributed by atoms with E-state index in [9.17, 15) is 5.02 Å². The van der Waals surface area contributed by atoms with Crippen LogP contribution in [0.3, 0.4) is 0 Å². The molecule has 0 aliphatic rings. The largest absolute Gasteiger partial charge is 0.486 e. The van der Waals surface area contributed by atoms with Gasteiger partial charge in [0, 0.05) is 0 Å². The molecule has 0 saturated carbocycles. The van der Waals surface area contributed by atoms with Gasteiger partial charge in [0.15, 0.2) is 0 Å². The molecular formula is C25H22BO2. The van der Waals surface area contributed by atoms with Crippen LogP contribution in [0.5, 0.6) is 0 Å². The van der Waals surface area contributed by atoms with Crippen molar-refractivity contribution in [2.24, 2.45) is 0 Å². The lowest BCUT2D eigenvalue weighted by atomic mass is 9.79. The average Bonchev–Trinajstić information content (AvgIpc) is 2.81. The number of rotatable bonds is 5. The molecular weight excluding hydrogens is 343 g/mol. The minimum absolute atomic E-state index is 0.771. The molecule has 1 radical (unpaired) electrons. The fourth-order valence-electron chi connectivity index (χ4n) is 3.19. The van der Waals surface area contributed by atoms with Gasteiger partial charge in [0.25, 0.3) is 0 Å². The van der Waals surface area contributed by atoms with E-state index in [1.807, 2.05) is 127 Å². The van der Waals surface area contributed by atoms with Gasteiger partial charge >= 0.3 is 7.69 Å². The van der Waals surface area contributed by atoms with Crippen molar-refractivity contribution < 1.29 is 9.68 Å².